The molecule has 0 radical (unpaired) electrons. The van der Waals surface area contributed by atoms with Crippen molar-refractivity contribution in [3.63, 3.8) is 0 Å². The summed E-state index contributed by atoms with van der Waals surface area (Å²) in [6.07, 6.45) is -0.632. The Labute approximate surface area is 176 Å². The van der Waals surface area contributed by atoms with Crippen LogP contribution >= 0.6 is 23.2 Å². The zero-order valence-corrected chi connectivity index (χ0v) is 17.0. The summed E-state index contributed by atoms with van der Waals surface area (Å²) in [5.74, 6) is 0.327. The lowest BCUT2D eigenvalue weighted by molar-refractivity contribution is -0.137. The molecule has 1 aromatic heterocycles. The number of hydrogen-bond donors (Lipinski definition) is 2. The van der Waals surface area contributed by atoms with Crippen molar-refractivity contribution >= 4 is 40.7 Å². The minimum absolute atomic E-state index is 0.0498. The first kappa shape index (κ1) is 21.9. The van der Waals surface area contributed by atoms with Crippen molar-refractivity contribution in [1.29, 1.82) is 0 Å². The number of benzene rings is 1. The second-order valence-corrected chi connectivity index (χ2v) is 7.79. The normalized spacial score (nSPS) is 15.6. The maximum Gasteiger partial charge on any atom is 0.421 e. The van der Waals surface area contributed by atoms with Crippen molar-refractivity contribution in [3.8, 4) is 0 Å². The SMILES string of the molecule is OCCCC1CCN(c2nc(Nc3ccc(Cl)c(Cl)c3)ncc2C(F)(F)F)CC1. The average Bonchev–Trinajstić information content (AvgIpc) is 2.69. The lowest BCUT2D eigenvalue weighted by Gasteiger charge is -2.34. The first-order valence-electron chi connectivity index (χ1n) is 9.30. The topological polar surface area (TPSA) is 61.3 Å². The molecule has 1 aliphatic rings. The van der Waals surface area contributed by atoms with Crippen molar-refractivity contribution in [2.24, 2.45) is 5.92 Å². The fourth-order valence-electron chi connectivity index (χ4n) is 3.39. The third-order valence-corrected chi connectivity index (χ3v) is 5.67. The highest BCUT2D eigenvalue weighted by molar-refractivity contribution is 6.42. The standard InChI is InChI=1S/C19H21Cl2F3N4O/c20-15-4-3-13(10-16(15)21)26-18-25-11-14(19(22,23)24)17(27-18)28-7-5-12(6-8-28)2-1-9-29/h3-4,10-12,29H,1-2,5-9H2,(H,25,26,27). The van der Waals surface area contributed by atoms with Crippen LogP contribution in [0, 0.1) is 5.92 Å². The summed E-state index contributed by atoms with van der Waals surface area (Å²) in [4.78, 5) is 9.65. The lowest BCUT2D eigenvalue weighted by Crippen LogP contribution is -2.36. The van der Waals surface area contributed by atoms with Gasteiger partial charge in [0.1, 0.15) is 11.4 Å². The second kappa shape index (κ2) is 9.36. The van der Waals surface area contributed by atoms with Gasteiger partial charge in [0, 0.05) is 31.6 Å². The molecule has 0 amide bonds. The van der Waals surface area contributed by atoms with Gasteiger partial charge in [-0.25, -0.2) is 4.98 Å². The fourth-order valence-corrected chi connectivity index (χ4v) is 3.69. The average molecular weight is 449 g/mol. The number of aromatic nitrogens is 2. The van der Waals surface area contributed by atoms with Crippen LogP contribution in [0.4, 0.5) is 30.6 Å². The second-order valence-electron chi connectivity index (χ2n) is 6.98. The van der Waals surface area contributed by atoms with Crippen LogP contribution in [0.15, 0.2) is 24.4 Å². The van der Waals surface area contributed by atoms with E-state index in [0.29, 0.717) is 41.2 Å². The molecule has 0 atom stereocenters. The van der Waals surface area contributed by atoms with E-state index in [1.807, 2.05) is 0 Å². The number of piperidine rings is 1. The zero-order valence-electron chi connectivity index (χ0n) is 15.5. The molecule has 0 saturated carbocycles. The highest BCUT2D eigenvalue weighted by Gasteiger charge is 2.37. The zero-order chi connectivity index (χ0) is 21.0. The molecule has 2 heterocycles. The third-order valence-electron chi connectivity index (χ3n) is 4.93. The van der Waals surface area contributed by atoms with Gasteiger partial charge in [0.2, 0.25) is 5.95 Å². The molecule has 5 nitrogen and oxygen atoms in total. The van der Waals surface area contributed by atoms with E-state index in [9.17, 15) is 13.2 Å². The number of nitrogens with zero attached hydrogens (tertiary/aromatic N) is 3. The molecule has 1 fully saturated rings. The van der Waals surface area contributed by atoms with Crippen molar-refractivity contribution in [2.75, 3.05) is 29.9 Å². The van der Waals surface area contributed by atoms with Crippen LogP contribution in [0.5, 0.6) is 0 Å². The van der Waals surface area contributed by atoms with E-state index >= 15 is 0 Å². The van der Waals surface area contributed by atoms with Crippen LogP contribution in [0.1, 0.15) is 31.2 Å². The van der Waals surface area contributed by atoms with E-state index in [2.05, 4.69) is 15.3 Å². The summed E-state index contributed by atoms with van der Waals surface area (Å²) in [6.45, 7) is 1.08. The smallest absolute Gasteiger partial charge is 0.396 e. The van der Waals surface area contributed by atoms with Gasteiger partial charge in [-0.1, -0.05) is 23.2 Å². The summed E-state index contributed by atoms with van der Waals surface area (Å²) in [5, 5.41) is 12.5. The summed E-state index contributed by atoms with van der Waals surface area (Å²) < 4.78 is 40.5. The molecule has 29 heavy (non-hydrogen) atoms. The van der Waals surface area contributed by atoms with Crippen molar-refractivity contribution in [3.05, 3.63) is 40.0 Å². The van der Waals surface area contributed by atoms with Crippen LogP contribution in [0.25, 0.3) is 0 Å². The molecule has 0 aliphatic carbocycles. The minimum atomic E-state index is -4.55. The minimum Gasteiger partial charge on any atom is -0.396 e. The maximum absolute atomic E-state index is 13.5. The van der Waals surface area contributed by atoms with E-state index in [0.717, 1.165) is 25.5 Å². The molecule has 1 aliphatic heterocycles. The predicted octanol–water partition coefficient (Wildman–Crippen LogP) is 5.53. The largest absolute Gasteiger partial charge is 0.421 e. The highest BCUT2D eigenvalue weighted by atomic mass is 35.5. The van der Waals surface area contributed by atoms with Gasteiger partial charge in [-0.2, -0.15) is 18.2 Å². The summed E-state index contributed by atoms with van der Waals surface area (Å²) in [5.41, 5.74) is -0.334. The third kappa shape index (κ3) is 5.65. The molecule has 2 aromatic rings. The van der Waals surface area contributed by atoms with Gasteiger partial charge in [-0.15, -0.1) is 0 Å². The van der Waals surface area contributed by atoms with Gasteiger partial charge >= 0.3 is 6.18 Å². The molecule has 1 aromatic carbocycles. The van der Waals surface area contributed by atoms with Crippen LogP contribution in [0.2, 0.25) is 10.0 Å². The quantitative estimate of drug-likeness (QED) is 0.607. The Hall–Kier alpha value is -1.77. The Bertz CT molecular complexity index is 843. The van der Waals surface area contributed by atoms with E-state index in [1.54, 1.807) is 23.1 Å². The van der Waals surface area contributed by atoms with E-state index < -0.39 is 11.7 Å². The molecule has 1 saturated heterocycles. The van der Waals surface area contributed by atoms with Crippen molar-refractivity contribution in [2.45, 2.75) is 31.9 Å². The monoisotopic (exact) mass is 448 g/mol. The van der Waals surface area contributed by atoms with Gasteiger partial charge < -0.3 is 15.3 Å². The number of hydrogen-bond acceptors (Lipinski definition) is 5. The van der Waals surface area contributed by atoms with Gasteiger partial charge in [0.25, 0.3) is 0 Å². The van der Waals surface area contributed by atoms with E-state index in [-0.39, 0.29) is 18.4 Å². The van der Waals surface area contributed by atoms with Crippen LogP contribution in [0.3, 0.4) is 0 Å². The van der Waals surface area contributed by atoms with Crippen LogP contribution in [-0.4, -0.2) is 34.8 Å². The van der Waals surface area contributed by atoms with Crippen LogP contribution in [-0.2, 0) is 6.18 Å². The van der Waals surface area contributed by atoms with E-state index in [1.165, 1.54) is 0 Å². The molecule has 10 heteroatoms. The Morgan fingerprint density at radius 3 is 2.52 bits per heavy atom. The Kier molecular flexibility index (Phi) is 7.08. The number of nitrogens with one attached hydrogen (secondary N) is 1. The van der Waals surface area contributed by atoms with Gasteiger partial charge in [0.15, 0.2) is 0 Å². The molecular formula is C19H21Cl2F3N4O. The van der Waals surface area contributed by atoms with E-state index in [4.69, 9.17) is 28.3 Å². The lowest BCUT2D eigenvalue weighted by atomic mass is 9.92. The molecule has 2 N–H and O–H groups in total. The molecular weight excluding hydrogens is 428 g/mol. The summed E-state index contributed by atoms with van der Waals surface area (Å²) in [6, 6.07) is 4.77. The number of aliphatic hydroxyl groups excluding tert-OH is 1. The van der Waals surface area contributed by atoms with Crippen molar-refractivity contribution < 1.29 is 18.3 Å². The van der Waals surface area contributed by atoms with Crippen LogP contribution < -0.4 is 10.2 Å². The Balaban J connectivity index is 1.82. The van der Waals surface area contributed by atoms with Gasteiger partial charge in [0.05, 0.1) is 10.0 Å². The van der Waals surface area contributed by atoms with Gasteiger partial charge in [-0.05, 0) is 49.8 Å². The fraction of sp³-hybridized carbons (Fsp3) is 0.474. The maximum atomic E-state index is 13.5. The molecule has 0 bridgehead atoms. The molecule has 3 rings (SSSR count). The molecule has 0 unspecified atom stereocenters. The highest BCUT2D eigenvalue weighted by Crippen LogP contribution is 2.37. The molecule has 158 valence electrons. The van der Waals surface area contributed by atoms with Crippen molar-refractivity contribution in [1.82, 2.24) is 9.97 Å². The number of alkyl halides is 3. The number of halogens is 5. The molecule has 0 spiro atoms. The number of rotatable bonds is 6. The summed E-state index contributed by atoms with van der Waals surface area (Å²) in [7, 11) is 0. The van der Waals surface area contributed by atoms with Gasteiger partial charge in [-0.3, -0.25) is 0 Å². The number of anilines is 3. The number of aliphatic hydroxyl groups is 1. The first-order chi connectivity index (χ1) is 13.8. The Morgan fingerprint density at radius 1 is 1.17 bits per heavy atom. The first-order valence-corrected chi connectivity index (χ1v) is 10.1. The Morgan fingerprint density at radius 2 is 1.90 bits per heavy atom. The predicted molar refractivity (Wildman–Crippen MR) is 108 cm³/mol. The summed E-state index contributed by atoms with van der Waals surface area (Å²) >= 11 is 11.9.